The molecule has 0 radical (unpaired) electrons. The van der Waals surface area contributed by atoms with Gasteiger partial charge in [-0.05, 0) is 37.5 Å². The van der Waals surface area contributed by atoms with E-state index in [2.05, 4.69) is 10.6 Å². The summed E-state index contributed by atoms with van der Waals surface area (Å²) in [5.74, 6) is -0.0978. The Bertz CT molecular complexity index is 666. The van der Waals surface area contributed by atoms with Gasteiger partial charge in [0.05, 0.1) is 18.7 Å². The number of rotatable bonds is 2. The normalized spacial score (nSPS) is 16.1. The molecule has 1 aromatic carbocycles. The smallest absolute Gasteiger partial charge is 0.255 e. The minimum atomic E-state index is -0.231. The number of amides is 3. The predicted molar refractivity (Wildman–Crippen MR) is 98.4 cm³/mol. The zero-order valence-electron chi connectivity index (χ0n) is 14.8. The van der Waals surface area contributed by atoms with Crippen LogP contribution in [0.2, 0.25) is 5.02 Å². The molecule has 1 aromatic rings. The van der Waals surface area contributed by atoms with Crippen molar-refractivity contribution in [2.45, 2.75) is 26.2 Å². The topological polar surface area (TPSA) is 87.7 Å². The summed E-state index contributed by atoms with van der Waals surface area (Å²) >= 11 is 5.99. The third kappa shape index (κ3) is 6.22. The van der Waals surface area contributed by atoms with Crippen molar-refractivity contribution in [3.05, 3.63) is 28.8 Å². The van der Waals surface area contributed by atoms with Crippen LogP contribution < -0.4 is 15.4 Å². The molecule has 1 aliphatic rings. The van der Waals surface area contributed by atoms with Gasteiger partial charge in [-0.3, -0.25) is 14.4 Å². The lowest BCUT2D eigenvalue weighted by molar-refractivity contribution is -0.132. The Morgan fingerprint density at radius 3 is 2.81 bits per heavy atom. The Hall–Kier alpha value is -2.28. The molecule has 2 rings (SSSR count). The maximum atomic E-state index is 12.3. The van der Waals surface area contributed by atoms with E-state index in [1.54, 1.807) is 23.1 Å². The van der Waals surface area contributed by atoms with E-state index in [0.717, 1.165) is 12.8 Å². The number of carbonyl (C=O) groups excluding carboxylic acids is 3. The molecular formula is C18H24ClN3O4. The zero-order chi connectivity index (χ0) is 18.9. The number of benzene rings is 1. The van der Waals surface area contributed by atoms with Crippen LogP contribution >= 0.6 is 11.6 Å². The molecule has 0 saturated heterocycles. The molecule has 0 unspecified atom stereocenters. The van der Waals surface area contributed by atoms with Crippen LogP contribution in [0, 0.1) is 0 Å². The first-order valence-electron chi connectivity index (χ1n) is 8.70. The van der Waals surface area contributed by atoms with Gasteiger partial charge < -0.3 is 20.3 Å². The summed E-state index contributed by atoms with van der Waals surface area (Å²) in [4.78, 5) is 37.3. The highest BCUT2D eigenvalue weighted by atomic mass is 35.5. The van der Waals surface area contributed by atoms with Crippen LogP contribution in [0.3, 0.4) is 0 Å². The fourth-order valence-corrected chi connectivity index (χ4v) is 2.81. The average Bonchev–Trinajstić information content (AvgIpc) is 2.62. The van der Waals surface area contributed by atoms with Crippen molar-refractivity contribution in [2.75, 3.05) is 32.8 Å². The molecule has 0 spiro atoms. The van der Waals surface area contributed by atoms with Gasteiger partial charge in [0.15, 0.2) is 0 Å². The van der Waals surface area contributed by atoms with Crippen molar-refractivity contribution in [1.82, 2.24) is 15.5 Å². The Balaban J connectivity index is 2.03. The van der Waals surface area contributed by atoms with Gasteiger partial charge in [0.1, 0.15) is 5.75 Å². The summed E-state index contributed by atoms with van der Waals surface area (Å²) in [5, 5.41) is 5.86. The number of halogens is 1. The number of nitrogens with zero attached hydrogens (tertiary/aromatic N) is 1. The van der Waals surface area contributed by atoms with Crippen molar-refractivity contribution < 1.29 is 19.1 Å². The van der Waals surface area contributed by atoms with Crippen LogP contribution in [0.1, 0.15) is 36.5 Å². The second kappa shape index (κ2) is 10.0. The fourth-order valence-electron chi connectivity index (χ4n) is 2.64. The van der Waals surface area contributed by atoms with Gasteiger partial charge in [-0.2, -0.15) is 0 Å². The minimum Gasteiger partial charge on any atom is -0.493 e. The van der Waals surface area contributed by atoms with E-state index < -0.39 is 0 Å². The first-order valence-corrected chi connectivity index (χ1v) is 9.08. The van der Waals surface area contributed by atoms with E-state index in [1.165, 1.54) is 6.92 Å². The summed E-state index contributed by atoms with van der Waals surface area (Å²) < 4.78 is 5.73. The summed E-state index contributed by atoms with van der Waals surface area (Å²) in [6, 6.07) is 4.95. The number of hydrogen-bond acceptors (Lipinski definition) is 4. The fraction of sp³-hybridized carbons (Fsp3) is 0.500. The molecule has 26 heavy (non-hydrogen) atoms. The lowest BCUT2D eigenvalue weighted by Crippen LogP contribution is -2.41. The van der Waals surface area contributed by atoms with E-state index in [9.17, 15) is 14.4 Å². The van der Waals surface area contributed by atoms with E-state index >= 15 is 0 Å². The number of fused-ring (bicyclic) bond motifs is 1. The molecule has 142 valence electrons. The molecule has 1 aliphatic heterocycles. The quantitative estimate of drug-likeness (QED) is 0.814. The molecule has 0 bridgehead atoms. The van der Waals surface area contributed by atoms with E-state index in [4.69, 9.17) is 16.3 Å². The van der Waals surface area contributed by atoms with Crippen LogP contribution in [-0.2, 0) is 9.59 Å². The highest BCUT2D eigenvalue weighted by Gasteiger charge is 2.16. The Labute approximate surface area is 158 Å². The van der Waals surface area contributed by atoms with E-state index in [-0.39, 0.29) is 24.3 Å². The minimum absolute atomic E-state index is 0.00570. The molecule has 0 fully saturated rings. The van der Waals surface area contributed by atoms with Crippen molar-refractivity contribution in [2.24, 2.45) is 0 Å². The SMILES string of the molecule is CC(=O)NCC(=O)N1CCCCNC(=O)c2cc(Cl)ccc2OCCC1. The van der Waals surface area contributed by atoms with Crippen LogP contribution in [-0.4, -0.2) is 55.4 Å². The molecule has 7 nitrogen and oxygen atoms in total. The van der Waals surface area contributed by atoms with Gasteiger partial charge in [-0.25, -0.2) is 0 Å². The molecule has 0 atom stereocenters. The summed E-state index contributed by atoms with van der Waals surface area (Å²) in [7, 11) is 0. The second-order valence-electron chi connectivity index (χ2n) is 6.10. The number of ether oxygens (including phenoxy) is 1. The van der Waals surface area contributed by atoms with E-state index in [0.29, 0.717) is 49.0 Å². The molecule has 2 N–H and O–H groups in total. The maximum Gasteiger partial charge on any atom is 0.255 e. The second-order valence-corrected chi connectivity index (χ2v) is 6.53. The standard InChI is InChI=1S/C18H24ClN3O4/c1-13(23)21-12-17(24)22-8-3-2-7-20-18(25)15-11-14(19)5-6-16(15)26-10-4-9-22/h5-6,11H,2-4,7-10,12H2,1H3,(H,20,25)(H,21,23). The number of carbonyl (C=O) groups is 3. The first kappa shape index (κ1) is 20.0. The third-order valence-electron chi connectivity index (χ3n) is 4.00. The van der Waals surface area contributed by atoms with Crippen LogP contribution in [0.5, 0.6) is 5.75 Å². The maximum absolute atomic E-state index is 12.3. The van der Waals surface area contributed by atoms with Gasteiger partial charge in [0.2, 0.25) is 11.8 Å². The van der Waals surface area contributed by atoms with Crippen LogP contribution in [0.4, 0.5) is 0 Å². The van der Waals surface area contributed by atoms with Crippen molar-refractivity contribution in [3.63, 3.8) is 0 Å². The van der Waals surface area contributed by atoms with Crippen molar-refractivity contribution >= 4 is 29.3 Å². The van der Waals surface area contributed by atoms with Crippen molar-refractivity contribution in [1.29, 1.82) is 0 Å². The molecule has 0 saturated carbocycles. The molecule has 0 aromatic heterocycles. The monoisotopic (exact) mass is 381 g/mol. The Morgan fingerprint density at radius 1 is 1.27 bits per heavy atom. The molecule has 0 aliphatic carbocycles. The van der Waals surface area contributed by atoms with Gasteiger partial charge in [0, 0.05) is 31.6 Å². The van der Waals surface area contributed by atoms with Crippen molar-refractivity contribution in [3.8, 4) is 5.75 Å². The first-order chi connectivity index (χ1) is 12.5. The largest absolute Gasteiger partial charge is 0.493 e. The van der Waals surface area contributed by atoms with Gasteiger partial charge in [-0.1, -0.05) is 11.6 Å². The lowest BCUT2D eigenvalue weighted by atomic mass is 10.2. The molecular weight excluding hydrogens is 358 g/mol. The highest BCUT2D eigenvalue weighted by molar-refractivity contribution is 6.31. The predicted octanol–water partition coefficient (Wildman–Crippen LogP) is 1.60. The summed E-state index contributed by atoms with van der Waals surface area (Å²) in [6.45, 7) is 3.35. The lowest BCUT2D eigenvalue weighted by Gasteiger charge is -2.23. The van der Waals surface area contributed by atoms with Gasteiger partial charge in [0.25, 0.3) is 5.91 Å². The van der Waals surface area contributed by atoms with Crippen LogP contribution in [0.15, 0.2) is 18.2 Å². The number of nitrogens with one attached hydrogen (secondary N) is 2. The summed E-state index contributed by atoms with van der Waals surface area (Å²) in [5.41, 5.74) is 0.412. The van der Waals surface area contributed by atoms with Crippen LogP contribution in [0.25, 0.3) is 0 Å². The molecule has 8 heteroatoms. The molecule has 3 amide bonds. The third-order valence-corrected chi connectivity index (χ3v) is 4.23. The number of hydrogen-bond donors (Lipinski definition) is 2. The Kier molecular flexibility index (Phi) is 7.72. The highest BCUT2D eigenvalue weighted by Crippen LogP contribution is 2.23. The molecule has 1 heterocycles. The average molecular weight is 382 g/mol. The van der Waals surface area contributed by atoms with Gasteiger partial charge >= 0.3 is 0 Å². The van der Waals surface area contributed by atoms with Gasteiger partial charge in [-0.15, -0.1) is 0 Å². The zero-order valence-corrected chi connectivity index (χ0v) is 15.6. The summed E-state index contributed by atoms with van der Waals surface area (Å²) in [6.07, 6.45) is 2.12. The Morgan fingerprint density at radius 2 is 2.04 bits per heavy atom. The van der Waals surface area contributed by atoms with E-state index in [1.807, 2.05) is 0 Å².